The van der Waals surface area contributed by atoms with Gasteiger partial charge in [0, 0.05) is 0 Å². The van der Waals surface area contributed by atoms with Crippen LogP contribution in [0.15, 0.2) is 18.2 Å². The molecule has 0 aliphatic carbocycles. The molecule has 0 fully saturated rings. The lowest BCUT2D eigenvalue weighted by Crippen LogP contribution is -2.29. The number of carbonyl (C=O) groups is 1. The molecule has 0 bridgehead atoms. The highest BCUT2D eigenvalue weighted by atomic mass is 16.5. The summed E-state index contributed by atoms with van der Waals surface area (Å²) in [5.74, 6) is 0.589. The van der Waals surface area contributed by atoms with Crippen LogP contribution in [-0.2, 0) is 16.6 Å². The molecule has 0 heterocycles. The quantitative estimate of drug-likeness (QED) is 0.767. The van der Waals surface area contributed by atoms with E-state index in [0.717, 1.165) is 18.7 Å². The summed E-state index contributed by atoms with van der Waals surface area (Å²) in [6, 6.07) is 6.23. The lowest BCUT2D eigenvalue weighted by molar-refractivity contribution is -0.117. The highest BCUT2D eigenvalue weighted by molar-refractivity contribution is 5.75. The van der Waals surface area contributed by atoms with Gasteiger partial charge < -0.3 is 15.8 Å². The van der Waals surface area contributed by atoms with Gasteiger partial charge in [0.25, 0.3) is 0 Å². The standard InChI is InChI=1S/C15H24N2O2/c1-15(2,3)12-9-11(5-6-13(12)19-4)7-8-17-10-14(16)18/h5-6,9,17H,7-8,10H2,1-4H3,(H2,16,18). The van der Waals surface area contributed by atoms with E-state index >= 15 is 0 Å². The number of amides is 1. The highest BCUT2D eigenvalue weighted by Gasteiger charge is 2.19. The van der Waals surface area contributed by atoms with E-state index in [1.807, 2.05) is 6.07 Å². The van der Waals surface area contributed by atoms with Crippen LogP contribution in [0.1, 0.15) is 31.9 Å². The molecule has 0 atom stereocenters. The van der Waals surface area contributed by atoms with E-state index in [1.165, 1.54) is 11.1 Å². The molecule has 4 nitrogen and oxygen atoms in total. The van der Waals surface area contributed by atoms with Gasteiger partial charge >= 0.3 is 0 Å². The summed E-state index contributed by atoms with van der Waals surface area (Å²) in [5.41, 5.74) is 7.54. The maximum atomic E-state index is 10.6. The number of hydrogen-bond donors (Lipinski definition) is 2. The van der Waals surface area contributed by atoms with Gasteiger partial charge in [-0.05, 0) is 35.6 Å². The molecule has 1 rings (SSSR count). The van der Waals surface area contributed by atoms with Crippen molar-refractivity contribution in [2.24, 2.45) is 5.73 Å². The fraction of sp³-hybridized carbons (Fsp3) is 0.533. The largest absolute Gasteiger partial charge is 0.496 e. The smallest absolute Gasteiger partial charge is 0.231 e. The summed E-state index contributed by atoms with van der Waals surface area (Å²) in [4.78, 5) is 10.6. The third-order valence-electron chi connectivity index (χ3n) is 2.96. The maximum Gasteiger partial charge on any atom is 0.231 e. The Balaban J connectivity index is 2.73. The number of ether oxygens (including phenoxy) is 1. The van der Waals surface area contributed by atoms with Crippen molar-refractivity contribution in [2.45, 2.75) is 32.6 Å². The van der Waals surface area contributed by atoms with Gasteiger partial charge in [-0.25, -0.2) is 0 Å². The number of hydrogen-bond acceptors (Lipinski definition) is 3. The number of carbonyl (C=O) groups excluding carboxylic acids is 1. The Bertz CT molecular complexity index is 436. The normalized spacial score (nSPS) is 11.4. The second kappa shape index (κ2) is 6.57. The van der Waals surface area contributed by atoms with Gasteiger partial charge in [0.1, 0.15) is 5.75 Å². The van der Waals surface area contributed by atoms with Crippen LogP contribution in [0.3, 0.4) is 0 Å². The molecule has 1 amide bonds. The second-order valence-electron chi connectivity index (χ2n) is 5.68. The first-order valence-corrected chi connectivity index (χ1v) is 6.51. The lowest BCUT2D eigenvalue weighted by atomic mass is 9.85. The van der Waals surface area contributed by atoms with Crippen LogP contribution in [0.4, 0.5) is 0 Å². The minimum Gasteiger partial charge on any atom is -0.496 e. The molecule has 1 aromatic carbocycles. The molecule has 0 saturated heterocycles. The van der Waals surface area contributed by atoms with E-state index < -0.39 is 0 Å². The van der Waals surface area contributed by atoms with Crippen molar-refractivity contribution in [3.63, 3.8) is 0 Å². The summed E-state index contributed by atoms with van der Waals surface area (Å²) in [6.45, 7) is 7.46. The Morgan fingerprint density at radius 3 is 2.58 bits per heavy atom. The first-order valence-electron chi connectivity index (χ1n) is 6.51. The Kier molecular flexibility index (Phi) is 5.36. The summed E-state index contributed by atoms with van der Waals surface area (Å²) in [6.07, 6.45) is 0.861. The van der Waals surface area contributed by atoms with Gasteiger partial charge in [0.2, 0.25) is 5.91 Å². The number of rotatable bonds is 6. The summed E-state index contributed by atoms with van der Waals surface area (Å²) >= 11 is 0. The molecule has 3 N–H and O–H groups in total. The van der Waals surface area contributed by atoms with Crippen LogP contribution in [0.5, 0.6) is 5.75 Å². The number of methoxy groups -OCH3 is 1. The van der Waals surface area contributed by atoms with E-state index in [1.54, 1.807) is 7.11 Å². The molecule has 4 heteroatoms. The number of primary amides is 1. The highest BCUT2D eigenvalue weighted by Crippen LogP contribution is 2.31. The zero-order valence-corrected chi connectivity index (χ0v) is 12.2. The average molecular weight is 264 g/mol. The summed E-state index contributed by atoms with van der Waals surface area (Å²) < 4.78 is 5.41. The van der Waals surface area contributed by atoms with Crippen molar-refractivity contribution in [1.29, 1.82) is 0 Å². The van der Waals surface area contributed by atoms with Crippen LogP contribution >= 0.6 is 0 Å². The van der Waals surface area contributed by atoms with Crippen LogP contribution in [-0.4, -0.2) is 26.1 Å². The number of benzene rings is 1. The third-order valence-corrected chi connectivity index (χ3v) is 2.96. The van der Waals surface area contributed by atoms with Gasteiger partial charge in [-0.1, -0.05) is 32.9 Å². The van der Waals surface area contributed by atoms with Crippen molar-refractivity contribution in [3.05, 3.63) is 29.3 Å². The minimum atomic E-state index is -0.329. The van der Waals surface area contributed by atoms with Gasteiger partial charge in [-0.2, -0.15) is 0 Å². The molecule has 0 unspecified atom stereocenters. The number of nitrogens with one attached hydrogen (secondary N) is 1. The van der Waals surface area contributed by atoms with Gasteiger partial charge in [-0.3, -0.25) is 4.79 Å². The van der Waals surface area contributed by atoms with Crippen molar-refractivity contribution in [2.75, 3.05) is 20.2 Å². The molecule has 0 spiro atoms. The molecule has 0 aliphatic rings. The van der Waals surface area contributed by atoms with Crippen molar-refractivity contribution in [3.8, 4) is 5.75 Å². The van der Waals surface area contributed by atoms with Crippen LogP contribution in [0.2, 0.25) is 0 Å². The summed E-state index contributed by atoms with van der Waals surface area (Å²) in [7, 11) is 1.69. The minimum absolute atomic E-state index is 0.0437. The van der Waals surface area contributed by atoms with Crippen LogP contribution in [0.25, 0.3) is 0 Å². The van der Waals surface area contributed by atoms with E-state index in [0.29, 0.717) is 0 Å². The third kappa shape index (κ3) is 4.91. The predicted octanol–water partition coefficient (Wildman–Crippen LogP) is 1.61. The first-order chi connectivity index (χ1) is 8.84. The average Bonchev–Trinajstić information content (AvgIpc) is 2.33. The fourth-order valence-electron chi connectivity index (χ4n) is 1.94. The topological polar surface area (TPSA) is 64.3 Å². The predicted molar refractivity (Wildman–Crippen MR) is 77.5 cm³/mol. The molecular weight excluding hydrogens is 240 g/mol. The molecule has 1 aromatic rings. The van der Waals surface area contributed by atoms with Gasteiger partial charge in [0.05, 0.1) is 13.7 Å². The Hall–Kier alpha value is -1.55. The molecular formula is C15H24N2O2. The zero-order chi connectivity index (χ0) is 14.5. The zero-order valence-electron chi connectivity index (χ0n) is 12.2. The van der Waals surface area contributed by atoms with Crippen LogP contribution < -0.4 is 15.8 Å². The Morgan fingerprint density at radius 2 is 2.05 bits per heavy atom. The van der Waals surface area contributed by atoms with Crippen molar-refractivity contribution >= 4 is 5.91 Å². The van der Waals surface area contributed by atoms with Crippen molar-refractivity contribution < 1.29 is 9.53 Å². The fourth-order valence-corrected chi connectivity index (χ4v) is 1.94. The molecule has 0 saturated carbocycles. The van der Waals surface area contributed by atoms with E-state index in [-0.39, 0.29) is 17.9 Å². The van der Waals surface area contributed by atoms with E-state index in [9.17, 15) is 4.79 Å². The lowest BCUT2D eigenvalue weighted by Gasteiger charge is -2.23. The molecule has 0 radical (unpaired) electrons. The van der Waals surface area contributed by atoms with E-state index in [2.05, 4.69) is 38.2 Å². The first kappa shape index (κ1) is 15.5. The Labute approximate surface area is 115 Å². The number of nitrogens with two attached hydrogens (primary N) is 1. The SMILES string of the molecule is COc1ccc(CCNCC(N)=O)cc1C(C)(C)C. The van der Waals surface area contributed by atoms with Crippen LogP contribution in [0, 0.1) is 0 Å². The van der Waals surface area contributed by atoms with E-state index in [4.69, 9.17) is 10.5 Å². The second-order valence-corrected chi connectivity index (χ2v) is 5.68. The van der Waals surface area contributed by atoms with Gasteiger partial charge in [-0.15, -0.1) is 0 Å². The van der Waals surface area contributed by atoms with Gasteiger partial charge in [0.15, 0.2) is 0 Å². The molecule has 0 aromatic heterocycles. The summed E-state index contributed by atoms with van der Waals surface area (Å²) in [5, 5.41) is 3.01. The molecule has 106 valence electrons. The van der Waals surface area contributed by atoms with Crippen molar-refractivity contribution in [1.82, 2.24) is 5.32 Å². The Morgan fingerprint density at radius 1 is 1.37 bits per heavy atom. The molecule has 0 aliphatic heterocycles. The molecule has 19 heavy (non-hydrogen) atoms. The monoisotopic (exact) mass is 264 g/mol. The maximum absolute atomic E-state index is 10.6.